The van der Waals surface area contributed by atoms with E-state index in [0.717, 1.165) is 5.56 Å². The van der Waals surface area contributed by atoms with Gasteiger partial charge in [0.1, 0.15) is 5.75 Å². The van der Waals surface area contributed by atoms with Crippen molar-refractivity contribution in [2.75, 3.05) is 14.2 Å². The fourth-order valence-corrected chi connectivity index (χ4v) is 1.09. The van der Waals surface area contributed by atoms with Crippen LogP contribution in [0.4, 0.5) is 0 Å². The van der Waals surface area contributed by atoms with Gasteiger partial charge in [0.15, 0.2) is 0 Å². The number of hydrogen-bond donors (Lipinski definition) is 0. The highest BCUT2D eigenvalue weighted by Gasteiger charge is 2.00. The first-order valence-electron chi connectivity index (χ1n) is 3.87. The normalized spacial score (nSPS) is 9.31. The number of nitriles is 1. The Morgan fingerprint density at radius 2 is 2.08 bits per heavy atom. The Labute approximate surface area is 77.5 Å². The molecule has 0 saturated carbocycles. The summed E-state index contributed by atoms with van der Waals surface area (Å²) in [5.74, 6) is 0.686. The summed E-state index contributed by atoms with van der Waals surface area (Å²) in [5, 5.41) is 8.70. The summed E-state index contributed by atoms with van der Waals surface area (Å²) in [5.41, 5.74) is 1.53. The van der Waals surface area contributed by atoms with Crippen molar-refractivity contribution in [1.29, 1.82) is 5.26 Å². The van der Waals surface area contributed by atoms with Crippen molar-refractivity contribution in [2.45, 2.75) is 6.61 Å². The Hall–Kier alpha value is -1.53. The summed E-state index contributed by atoms with van der Waals surface area (Å²) in [4.78, 5) is 0. The van der Waals surface area contributed by atoms with Gasteiger partial charge in [-0.15, -0.1) is 0 Å². The third-order valence-electron chi connectivity index (χ3n) is 1.64. The average Bonchev–Trinajstić information content (AvgIpc) is 2.17. The summed E-state index contributed by atoms with van der Waals surface area (Å²) in [6.07, 6.45) is 0. The van der Waals surface area contributed by atoms with E-state index in [4.69, 9.17) is 14.7 Å². The lowest BCUT2D eigenvalue weighted by Crippen LogP contribution is -1.91. The lowest BCUT2D eigenvalue weighted by molar-refractivity contribution is 0.184. The number of hydrogen-bond acceptors (Lipinski definition) is 3. The molecule has 0 saturated heterocycles. The van der Waals surface area contributed by atoms with Crippen LogP contribution in [0.2, 0.25) is 0 Å². The number of benzene rings is 1. The van der Waals surface area contributed by atoms with E-state index in [1.807, 2.05) is 6.07 Å². The number of rotatable bonds is 3. The molecule has 68 valence electrons. The zero-order valence-corrected chi connectivity index (χ0v) is 7.70. The number of nitrogens with zero attached hydrogens (tertiary/aromatic N) is 1. The van der Waals surface area contributed by atoms with E-state index in [1.54, 1.807) is 26.4 Å². The highest BCUT2D eigenvalue weighted by atomic mass is 16.5. The Bertz CT molecular complexity index is 328. The second-order valence-electron chi connectivity index (χ2n) is 2.61. The van der Waals surface area contributed by atoms with Crippen LogP contribution in [0.15, 0.2) is 18.2 Å². The van der Waals surface area contributed by atoms with Crippen molar-refractivity contribution >= 4 is 0 Å². The van der Waals surface area contributed by atoms with Gasteiger partial charge in [0.25, 0.3) is 0 Å². The largest absolute Gasteiger partial charge is 0.497 e. The van der Waals surface area contributed by atoms with Gasteiger partial charge in [-0.05, 0) is 23.8 Å². The summed E-state index contributed by atoms with van der Waals surface area (Å²) in [7, 11) is 3.19. The van der Waals surface area contributed by atoms with Gasteiger partial charge in [-0.3, -0.25) is 0 Å². The smallest absolute Gasteiger partial charge is 0.120 e. The van der Waals surface area contributed by atoms with Crippen LogP contribution < -0.4 is 4.74 Å². The van der Waals surface area contributed by atoms with E-state index in [-0.39, 0.29) is 0 Å². The zero-order chi connectivity index (χ0) is 9.68. The van der Waals surface area contributed by atoms with Gasteiger partial charge in [0.05, 0.1) is 25.3 Å². The number of methoxy groups -OCH3 is 2. The quantitative estimate of drug-likeness (QED) is 0.705. The minimum atomic E-state index is 0.492. The first-order valence-corrected chi connectivity index (χ1v) is 3.87. The minimum absolute atomic E-state index is 0.492. The van der Waals surface area contributed by atoms with Crippen molar-refractivity contribution in [2.24, 2.45) is 0 Å². The van der Waals surface area contributed by atoms with Crippen molar-refractivity contribution in [3.05, 3.63) is 29.3 Å². The predicted molar refractivity (Wildman–Crippen MR) is 48.4 cm³/mol. The van der Waals surface area contributed by atoms with Crippen LogP contribution in [0.25, 0.3) is 0 Å². The van der Waals surface area contributed by atoms with Crippen molar-refractivity contribution in [3.63, 3.8) is 0 Å². The first kappa shape index (κ1) is 9.56. The van der Waals surface area contributed by atoms with E-state index < -0.39 is 0 Å². The average molecular weight is 177 g/mol. The van der Waals surface area contributed by atoms with Gasteiger partial charge >= 0.3 is 0 Å². The van der Waals surface area contributed by atoms with Crippen molar-refractivity contribution in [1.82, 2.24) is 0 Å². The van der Waals surface area contributed by atoms with Crippen LogP contribution in [0.3, 0.4) is 0 Å². The summed E-state index contributed by atoms with van der Waals surface area (Å²) < 4.78 is 10.00. The third kappa shape index (κ3) is 2.46. The minimum Gasteiger partial charge on any atom is -0.497 e. The standard InChI is InChI=1S/C10H11NO2/c1-12-7-9-3-8(6-11)4-10(5-9)13-2/h3-5H,7H2,1-2H3. The van der Waals surface area contributed by atoms with E-state index in [2.05, 4.69) is 6.07 Å². The lowest BCUT2D eigenvalue weighted by atomic mass is 10.1. The van der Waals surface area contributed by atoms with E-state index in [0.29, 0.717) is 17.9 Å². The second-order valence-corrected chi connectivity index (χ2v) is 2.61. The summed E-state index contributed by atoms with van der Waals surface area (Å²) in [6.45, 7) is 0.492. The first-order chi connectivity index (χ1) is 6.30. The van der Waals surface area contributed by atoms with Crippen LogP contribution in [-0.2, 0) is 11.3 Å². The van der Waals surface area contributed by atoms with Crippen molar-refractivity contribution in [3.8, 4) is 11.8 Å². The molecular formula is C10H11NO2. The molecule has 0 heterocycles. The number of ether oxygens (including phenoxy) is 2. The van der Waals surface area contributed by atoms with Gasteiger partial charge in [-0.2, -0.15) is 5.26 Å². The fourth-order valence-electron chi connectivity index (χ4n) is 1.09. The Kier molecular flexibility index (Phi) is 3.30. The van der Waals surface area contributed by atoms with Crippen LogP contribution in [0.1, 0.15) is 11.1 Å². The SMILES string of the molecule is COCc1cc(C#N)cc(OC)c1. The van der Waals surface area contributed by atoms with Gasteiger partial charge < -0.3 is 9.47 Å². The lowest BCUT2D eigenvalue weighted by Gasteiger charge is -2.04. The molecule has 1 aromatic rings. The second kappa shape index (κ2) is 4.48. The highest BCUT2D eigenvalue weighted by molar-refractivity contribution is 5.40. The molecule has 0 bridgehead atoms. The molecule has 0 atom stereocenters. The molecule has 0 aliphatic heterocycles. The van der Waals surface area contributed by atoms with Gasteiger partial charge in [0.2, 0.25) is 0 Å². The predicted octanol–water partition coefficient (Wildman–Crippen LogP) is 1.71. The van der Waals surface area contributed by atoms with E-state index >= 15 is 0 Å². The highest BCUT2D eigenvalue weighted by Crippen LogP contribution is 2.16. The van der Waals surface area contributed by atoms with Crippen LogP contribution in [-0.4, -0.2) is 14.2 Å². The molecule has 3 heteroatoms. The monoisotopic (exact) mass is 177 g/mol. The molecule has 0 radical (unpaired) electrons. The van der Waals surface area contributed by atoms with Gasteiger partial charge in [0, 0.05) is 7.11 Å². The van der Waals surface area contributed by atoms with E-state index in [1.165, 1.54) is 0 Å². The third-order valence-corrected chi connectivity index (χ3v) is 1.64. The molecule has 0 amide bonds. The molecule has 0 spiro atoms. The molecule has 0 N–H and O–H groups in total. The Balaban J connectivity index is 3.01. The Morgan fingerprint density at radius 1 is 1.31 bits per heavy atom. The molecule has 13 heavy (non-hydrogen) atoms. The maximum Gasteiger partial charge on any atom is 0.120 e. The summed E-state index contributed by atoms with van der Waals surface area (Å²) >= 11 is 0. The fraction of sp³-hybridized carbons (Fsp3) is 0.300. The molecule has 1 aromatic carbocycles. The maximum atomic E-state index is 8.70. The molecule has 0 aliphatic carbocycles. The summed E-state index contributed by atoms with van der Waals surface area (Å²) in [6, 6.07) is 7.39. The van der Waals surface area contributed by atoms with Gasteiger partial charge in [-0.25, -0.2) is 0 Å². The molecular weight excluding hydrogens is 166 g/mol. The molecule has 1 rings (SSSR count). The molecule has 3 nitrogen and oxygen atoms in total. The van der Waals surface area contributed by atoms with E-state index in [9.17, 15) is 0 Å². The zero-order valence-electron chi connectivity index (χ0n) is 7.70. The molecule has 0 fully saturated rings. The topological polar surface area (TPSA) is 42.2 Å². The van der Waals surface area contributed by atoms with Crippen LogP contribution in [0.5, 0.6) is 5.75 Å². The van der Waals surface area contributed by atoms with Crippen LogP contribution >= 0.6 is 0 Å². The van der Waals surface area contributed by atoms with Crippen molar-refractivity contribution < 1.29 is 9.47 Å². The molecule has 0 aromatic heterocycles. The van der Waals surface area contributed by atoms with Crippen LogP contribution in [0, 0.1) is 11.3 Å². The maximum absolute atomic E-state index is 8.70. The Morgan fingerprint density at radius 3 is 2.62 bits per heavy atom. The molecule has 0 unspecified atom stereocenters. The van der Waals surface area contributed by atoms with Gasteiger partial charge in [-0.1, -0.05) is 0 Å². The molecule has 0 aliphatic rings.